The number of H-pyrrole nitrogens is 1. The van der Waals surface area contributed by atoms with Crippen molar-refractivity contribution in [2.45, 2.75) is 96.1 Å². The van der Waals surface area contributed by atoms with Crippen molar-refractivity contribution in [1.29, 1.82) is 0 Å². The Labute approximate surface area is 207 Å². The zero-order valence-electron chi connectivity index (χ0n) is 21.3. The second-order valence-electron chi connectivity index (χ2n) is 12.0. The molecule has 1 aliphatic carbocycles. The molecule has 7 nitrogen and oxygen atoms in total. The minimum atomic E-state index is -0.907. The molecule has 2 aromatic rings. The number of hydrogen-bond donors (Lipinski definition) is 4. The number of aromatic amines is 1. The first kappa shape index (κ1) is 24.2. The van der Waals surface area contributed by atoms with Crippen molar-refractivity contribution in [3.05, 3.63) is 53.1 Å². The lowest BCUT2D eigenvalue weighted by molar-refractivity contribution is -0.153. The number of carbonyl (C=O) groups is 1. The molecule has 2 aliphatic heterocycles. The number of rotatable bonds is 4. The number of imidazole rings is 1. The van der Waals surface area contributed by atoms with Gasteiger partial charge in [-0.1, -0.05) is 26.0 Å². The first-order valence-corrected chi connectivity index (χ1v) is 12.6. The number of fused-ring (bicyclic) bond motifs is 2. The van der Waals surface area contributed by atoms with Crippen LogP contribution in [-0.2, 0) is 4.74 Å². The molecule has 1 amide bonds. The van der Waals surface area contributed by atoms with E-state index < -0.39 is 23.4 Å². The standard InChI is InChI=1S/C28H37N3O4/c1-16-15-29-24(30-16)25(34)31-21-7-6-18(12-20(21)17-8-10-26(2,3)11-9-17)19-13-27(4)22(32)23(33)28(5,14-19)35-27/h6-8,12,15,19,22-23,32-33H,9-11,13-14H2,1-5H3,(H,29,30)(H,31,34)/t19-,22+,23-,27-,28+. The lowest BCUT2D eigenvalue weighted by atomic mass is 9.75. The van der Waals surface area contributed by atoms with Gasteiger partial charge in [0.15, 0.2) is 5.82 Å². The summed E-state index contributed by atoms with van der Waals surface area (Å²) in [5, 5.41) is 24.4. The average molecular weight is 480 g/mol. The highest BCUT2D eigenvalue weighted by atomic mass is 16.6. The fraction of sp³-hybridized carbons (Fsp3) is 0.571. The third kappa shape index (κ3) is 4.34. The third-order valence-corrected chi connectivity index (χ3v) is 8.32. The van der Waals surface area contributed by atoms with Crippen LogP contribution in [0.25, 0.3) is 5.57 Å². The van der Waals surface area contributed by atoms with Crippen molar-refractivity contribution in [2.75, 3.05) is 5.32 Å². The minimum Gasteiger partial charge on any atom is -0.387 e. The van der Waals surface area contributed by atoms with Gasteiger partial charge in [0.25, 0.3) is 5.91 Å². The van der Waals surface area contributed by atoms with Gasteiger partial charge in [-0.2, -0.15) is 0 Å². The summed E-state index contributed by atoms with van der Waals surface area (Å²) in [7, 11) is 0. The maximum atomic E-state index is 12.9. The monoisotopic (exact) mass is 479 g/mol. The van der Waals surface area contributed by atoms with Crippen LogP contribution in [0.1, 0.15) is 93.2 Å². The van der Waals surface area contributed by atoms with Crippen LogP contribution >= 0.6 is 0 Å². The summed E-state index contributed by atoms with van der Waals surface area (Å²) >= 11 is 0. The number of nitrogens with zero attached hydrogens (tertiary/aromatic N) is 1. The highest BCUT2D eigenvalue weighted by Gasteiger charge is 2.61. The lowest BCUT2D eigenvalue weighted by Crippen LogP contribution is -2.43. The van der Waals surface area contributed by atoms with Crippen LogP contribution in [0.2, 0.25) is 0 Å². The maximum absolute atomic E-state index is 12.9. The molecule has 1 aromatic carbocycles. The van der Waals surface area contributed by atoms with Crippen molar-refractivity contribution in [3.63, 3.8) is 0 Å². The lowest BCUT2D eigenvalue weighted by Gasteiger charge is -2.41. The van der Waals surface area contributed by atoms with E-state index in [9.17, 15) is 15.0 Å². The molecule has 0 radical (unpaired) electrons. The molecule has 4 N–H and O–H groups in total. The number of nitrogens with one attached hydrogen (secondary N) is 2. The van der Waals surface area contributed by atoms with Gasteiger partial charge in [0.05, 0.1) is 16.9 Å². The predicted molar refractivity (Wildman–Crippen MR) is 135 cm³/mol. The molecule has 5 atom stereocenters. The van der Waals surface area contributed by atoms with Crippen LogP contribution in [0.5, 0.6) is 0 Å². The number of aryl methyl sites for hydroxylation is 1. The zero-order valence-corrected chi connectivity index (χ0v) is 21.3. The Morgan fingerprint density at radius 1 is 1.14 bits per heavy atom. The van der Waals surface area contributed by atoms with Crippen molar-refractivity contribution in [3.8, 4) is 0 Å². The van der Waals surface area contributed by atoms with Crippen molar-refractivity contribution in [2.24, 2.45) is 5.41 Å². The van der Waals surface area contributed by atoms with E-state index in [0.717, 1.165) is 41.8 Å². The van der Waals surface area contributed by atoms with Crippen molar-refractivity contribution in [1.82, 2.24) is 9.97 Å². The van der Waals surface area contributed by atoms with E-state index in [-0.39, 0.29) is 17.2 Å². The number of carbonyl (C=O) groups excluding carboxylic acids is 1. The third-order valence-electron chi connectivity index (χ3n) is 8.32. The van der Waals surface area contributed by atoms with E-state index in [1.807, 2.05) is 26.8 Å². The van der Waals surface area contributed by atoms with Gasteiger partial charge in [-0.3, -0.25) is 4.79 Å². The molecule has 2 bridgehead atoms. The van der Waals surface area contributed by atoms with Crippen LogP contribution in [0, 0.1) is 12.3 Å². The van der Waals surface area contributed by atoms with E-state index in [1.165, 1.54) is 5.57 Å². The Morgan fingerprint density at radius 3 is 2.40 bits per heavy atom. The predicted octanol–water partition coefficient (Wildman–Crippen LogP) is 4.71. The second kappa shape index (κ2) is 8.29. The van der Waals surface area contributed by atoms with Gasteiger partial charge in [-0.05, 0) is 87.5 Å². The Bertz CT molecular complexity index is 1160. The normalized spacial score (nSPS) is 33.9. The molecular weight excluding hydrogens is 442 g/mol. The number of allylic oxidation sites excluding steroid dienone is 2. The highest BCUT2D eigenvalue weighted by molar-refractivity contribution is 6.03. The number of aliphatic hydroxyl groups excluding tert-OH is 2. The van der Waals surface area contributed by atoms with Gasteiger partial charge in [0.1, 0.15) is 12.2 Å². The molecule has 0 spiro atoms. The molecule has 35 heavy (non-hydrogen) atoms. The number of anilines is 1. The smallest absolute Gasteiger partial charge is 0.291 e. The topological polar surface area (TPSA) is 107 Å². The van der Waals surface area contributed by atoms with Crippen LogP contribution in [0.15, 0.2) is 30.5 Å². The highest BCUT2D eigenvalue weighted by Crippen LogP contribution is 2.53. The SMILES string of the molecule is Cc1c[nH]c(C(=O)Nc2ccc([C@@H]3C[C@@]4(C)O[C@@](C)(C3)[C@H](O)[C@@H]4O)cc2C2=CCC(C)(C)CC2)n1. The molecule has 0 saturated carbocycles. The number of benzene rings is 1. The quantitative estimate of drug-likeness (QED) is 0.508. The summed E-state index contributed by atoms with van der Waals surface area (Å²) in [4.78, 5) is 20.1. The summed E-state index contributed by atoms with van der Waals surface area (Å²) in [6, 6.07) is 6.22. The Hall–Kier alpha value is -2.48. The molecule has 2 saturated heterocycles. The fourth-order valence-electron chi connectivity index (χ4n) is 6.16. The molecule has 3 heterocycles. The number of aromatic nitrogens is 2. The van der Waals surface area contributed by atoms with E-state index in [4.69, 9.17) is 4.74 Å². The van der Waals surface area contributed by atoms with E-state index >= 15 is 0 Å². The number of hydrogen-bond acceptors (Lipinski definition) is 5. The molecule has 3 aliphatic rings. The molecule has 188 valence electrons. The fourth-order valence-corrected chi connectivity index (χ4v) is 6.16. The number of amides is 1. The van der Waals surface area contributed by atoms with Crippen molar-refractivity contribution >= 4 is 17.2 Å². The summed E-state index contributed by atoms with van der Waals surface area (Å²) in [6.45, 7) is 10.2. The Morgan fingerprint density at radius 2 is 1.83 bits per heavy atom. The van der Waals surface area contributed by atoms with Gasteiger partial charge in [0.2, 0.25) is 0 Å². The average Bonchev–Trinajstić information content (AvgIpc) is 3.28. The van der Waals surface area contributed by atoms with Crippen LogP contribution in [-0.4, -0.2) is 49.5 Å². The molecule has 0 unspecified atom stereocenters. The Balaban J connectivity index is 1.50. The van der Waals surface area contributed by atoms with Gasteiger partial charge >= 0.3 is 0 Å². The summed E-state index contributed by atoms with van der Waals surface area (Å²) in [5.41, 5.74) is 3.65. The van der Waals surface area contributed by atoms with E-state index in [1.54, 1.807) is 6.20 Å². The maximum Gasteiger partial charge on any atom is 0.291 e. The molecule has 1 aromatic heterocycles. The van der Waals surface area contributed by atoms with Gasteiger partial charge in [-0.25, -0.2) is 4.98 Å². The van der Waals surface area contributed by atoms with Crippen LogP contribution in [0.4, 0.5) is 5.69 Å². The van der Waals surface area contributed by atoms with Gasteiger partial charge in [0, 0.05) is 17.4 Å². The van der Waals surface area contributed by atoms with E-state index in [2.05, 4.69) is 47.3 Å². The summed E-state index contributed by atoms with van der Waals surface area (Å²) < 4.78 is 6.17. The zero-order chi connectivity index (χ0) is 25.2. The van der Waals surface area contributed by atoms with Gasteiger partial charge in [-0.15, -0.1) is 0 Å². The van der Waals surface area contributed by atoms with Crippen LogP contribution in [0.3, 0.4) is 0 Å². The molecular formula is C28H37N3O4. The summed E-state index contributed by atoms with van der Waals surface area (Å²) in [5.74, 6) is 0.155. The minimum absolute atomic E-state index is 0.127. The number of ether oxygens (including phenoxy) is 1. The first-order chi connectivity index (χ1) is 16.4. The molecule has 5 rings (SSSR count). The first-order valence-electron chi connectivity index (χ1n) is 12.6. The second-order valence-corrected chi connectivity index (χ2v) is 12.0. The Kier molecular flexibility index (Phi) is 5.74. The molecule has 7 heteroatoms. The van der Waals surface area contributed by atoms with Gasteiger partial charge < -0.3 is 25.3 Å². The molecule has 2 fully saturated rings. The summed E-state index contributed by atoms with van der Waals surface area (Å²) in [6.07, 6.45) is 6.48. The van der Waals surface area contributed by atoms with E-state index in [0.29, 0.717) is 18.7 Å². The number of aliphatic hydroxyl groups is 2. The van der Waals surface area contributed by atoms with Crippen molar-refractivity contribution < 1.29 is 19.7 Å². The largest absolute Gasteiger partial charge is 0.387 e. The van der Waals surface area contributed by atoms with Crippen LogP contribution < -0.4 is 5.32 Å².